The second kappa shape index (κ2) is 9.01. The Bertz CT molecular complexity index is 642. The summed E-state index contributed by atoms with van der Waals surface area (Å²) in [5, 5.41) is 2.58. The molecule has 1 aromatic carbocycles. The summed E-state index contributed by atoms with van der Waals surface area (Å²) in [4.78, 5) is 35.0. The zero-order chi connectivity index (χ0) is 19.0. The molecule has 1 rings (SSSR count). The molecule has 0 fully saturated rings. The van der Waals surface area contributed by atoms with E-state index in [0.717, 1.165) is 5.56 Å². The fourth-order valence-corrected chi connectivity index (χ4v) is 2.10. The highest BCUT2D eigenvalue weighted by Gasteiger charge is 2.19. The molecule has 0 aromatic heterocycles. The van der Waals surface area contributed by atoms with E-state index < -0.39 is 23.8 Å². The van der Waals surface area contributed by atoms with E-state index in [0.29, 0.717) is 5.56 Å². The van der Waals surface area contributed by atoms with Crippen LogP contribution in [0.15, 0.2) is 36.4 Å². The predicted molar refractivity (Wildman–Crippen MR) is 96.0 cm³/mol. The first-order chi connectivity index (χ1) is 11.6. The van der Waals surface area contributed by atoms with E-state index in [-0.39, 0.29) is 18.4 Å². The van der Waals surface area contributed by atoms with Gasteiger partial charge in [-0.25, -0.2) is 4.79 Å². The minimum Gasteiger partial charge on any atom is -0.463 e. The van der Waals surface area contributed by atoms with Crippen molar-refractivity contribution in [3.8, 4) is 0 Å². The third kappa shape index (κ3) is 6.79. The topological polar surface area (TPSA) is 98.5 Å². The molecule has 0 aliphatic rings. The van der Waals surface area contributed by atoms with Crippen LogP contribution in [-0.4, -0.2) is 30.4 Å². The van der Waals surface area contributed by atoms with Crippen molar-refractivity contribution >= 4 is 17.8 Å². The highest BCUT2D eigenvalue weighted by molar-refractivity contribution is 5.97. The summed E-state index contributed by atoms with van der Waals surface area (Å²) < 4.78 is 4.74. The SMILES string of the molecule is CCOC(=O)/C=C/C[C@@H](NC(=O)c1ccc(C(C)(C)C)cc1)C(N)=O. The van der Waals surface area contributed by atoms with Crippen LogP contribution in [0.5, 0.6) is 0 Å². The van der Waals surface area contributed by atoms with Crippen molar-refractivity contribution in [3.05, 3.63) is 47.5 Å². The van der Waals surface area contributed by atoms with Crippen LogP contribution in [-0.2, 0) is 19.7 Å². The van der Waals surface area contributed by atoms with Crippen molar-refractivity contribution in [1.82, 2.24) is 5.32 Å². The summed E-state index contributed by atoms with van der Waals surface area (Å²) in [6.45, 7) is 8.22. The second-order valence-corrected chi connectivity index (χ2v) is 6.65. The highest BCUT2D eigenvalue weighted by atomic mass is 16.5. The number of hydrogen-bond donors (Lipinski definition) is 2. The lowest BCUT2D eigenvalue weighted by Gasteiger charge is -2.19. The number of benzene rings is 1. The van der Waals surface area contributed by atoms with Gasteiger partial charge in [-0.2, -0.15) is 0 Å². The largest absolute Gasteiger partial charge is 0.463 e. The van der Waals surface area contributed by atoms with E-state index in [1.807, 2.05) is 12.1 Å². The van der Waals surface area contributed by atoms with E-state index in [1.165, 1.54) is 12.2 Å². The highest BCUT2D eigenvalue weighted by Crippen LogP contribution is 2.22. The summed E-state index contributed by atoms with van der Waals surface area (Å²) >= 11 is 0. The van der Waals surface area contributed by atoms with Crippen molar-refractivity contribution < 1.29 is 19.1 Å². The summed E-state index contributed by atoms with van der Waals surface area (Å²) in [5.41, 5.74) is 6.85. The summed E-state index contributed by atoms with van der Waals surface area (Å²) in [7, 11) is 0. The molecule has 0 unspecified atom stereocenters. The van der Waals surface area contributed by atoms with Crippen molar-refractivity contribution in [2.75, 3.05) is 6.61 Å². The fourth-order valence-electron chi connectivity index (χ4n) is 2.10. The summed E-state index contributed by atoms with van der Waals surface area (Å²) in [6, 6.07) is 6.29. The van der Waals surface area contributed by atoms with E-state index >= 15 is 0 Å². The molecule has 0 bridgehead atoms. The van der Waals surface area contributed by atoms with Crippen LogP contribution in [0.4, 0.5) is 0 Å². The van der Waals surface area contributed by atoms with Gasteiger partial charge in [0.2, 0.25) is 5.91 Å². The molecule has 3 N–H and O–H groups in total. The van der Waals surface area contributed by atoms with Crippen LogP contribution < -0.4 is 11.1 Å². The maximum Gasteiger partial charge on any atom is 0.330 e. The van der Waals surface area contributed by atoms with Gasteiger partial charge in [0.15, 0.2) is 0 Å². The quantitative estimate of drug-likeness (QED) is 0.583. The minimum atomic E-state index is -0.902. The second-order valence-electron chi connectivity index (χ2n) is 6.65. The molecule has 25 heavy (non-hydrogen) atoms. The van der Waals surface area contributed by atoms with Gasteiger partial charge in [-0.1, -0.05) is 39.0 Å². The first kappa shape index (κ1) is 20.4. The average molecular weight is 346 g/mol. The Balaban J connectivity index is 2.73. The number of esters is 1. The lowest BCUT2D eigenvalue weighted by atomic mass is 9.86. The monoisotopic (exact) mass is 346 g/mol. The summed E-state index contributed by atoms with van der Waals surface area (Å²) in [6.07, 6.45) is 2.78. The van der Waals surface area contributed by atoms with Crippen molar-refractivity contribution in [2.24, 2.45) is 5.73 Å². The van der Waals surface area contributed by atoms with Crippen LogP contribution in [0, 0.1) is 0 Å². The molecule has 1 aromatic rings. The molecular weight excluding hydrogens is 320 g/mol. The van der Waals surface area contributed by atoms with Crippen LogP contribution in [0.1, 0.15) is 50.0 Å². The normalized spacial score (nSPS) is 12.6. The van der Waals surface area contributed by atoms with E-state index in [4.69, 9.17) is 10.5 Å². The number of ether oxygens (including phenoxy) is 1. The molecule has 2 amide bonds. The Morgan fingerprint density at radius 2 is 1.80 bits per heavy atom. The zero-order valence-corrected chi connectivity index (χ0v) is 15.2. The minimum absolute atomic E-state index is 0.0113. The molecular formula is C19H26N2O4. The average Bonchev–Trinajstić information content (AvgIpc) is 2.53. The zero-order valence-electron chi connectivity index (χ0n) is 15.2. The van der Waals surface area contributed by atoms with Crippen LogP contribution in [0.25, 0.3) is 0 Å². The van der Waals surface area contributed by atoms with Gasteiger partial charge in [-0.15, -0.1) is 0 Å². The number of nitrogens with one attached hydrogen (secondary N) is 1. The van der Waals surface area contributed by atoms with E-state index in [1.54, 1.807) is 19.1 Å². The van der Waals surface area contributed by atoms with Gasteiger partial charge < -0.3 is 15.8 Å². The van der Waals surface area contributed by atoms with Crippen molar-refractivity contribution in [2.45, 2.75) is 45.6 Å². The predicted octanol–water partition coefficient (Wildman–Crippen LogP) is 2.08. The molecule has 1 atom stereocenters. The van der Waals surface area contributed by atoms with Gasteiger partial charge in [-0.3, -0.25) is 9.59 Å². The Morgan fingerprint density at radius 1 is 1.20 bits per heavy atom. The van der Waals surface area contributed by atoms with Crippen LogP contribution in [0.2, 0.25) is 0 Å². The molecule has 136 valence electrons. The molecule has 0 saturated heterocycles. The maximum atomic E-state index is 12.3. The standard InChI is InChI=1S/C19H26N2O4/c1-5-25-16(22)8-6-7-15(17(20)23)21-18(24)13-9-11-14(12-10-13)19(2,3)4/h6,8-12,15H,5,7H2,1-4H3,(H2,20,23)(H,21,24)/b8-6+/t15-/m1/s1. The van der Waals surface area contributed by atoms with Crippen LogP contribution in [0.3, 0.4) is 0 Å². The molecule has 0 saturated carbocycles. The van der Waals surface area contributed by atoms with Gasteiger partial charge in [-0.05, 0) is 36.5 Å². The molecule has 6 nitrogen and oxygen atoms in total. The molecule has 0 radical (unpaired) electrons. The maximum absolute atomic E-state index is 12.3. The number of carbonyl (C=O) groups excluding carboxylic acids is 3. The smallest absolute Gasteiger partial charge is 0.330 e. The number of primary amides is 1. The Hall–Kier alpha value is -2.63. The van der Waals surface area contributed by atoms with E-state index in [9.17, 15) is 14.4 Å². The third-order valence-corrected chi connectivity index (χ3v) is 3.57. The van der Waals surface area contributed by atoms with Crippen molar-refractivity contribution in [3.63, 3.8) is 0 Å². The number of hydrogen-bond acceptors (Lipinski definition) is 4. The lowest BCUT2D eigenvalue weighted by molar-refractivity contribution is -0.137. The van der Waals surface area contributed by atoms with Gasteiger partial charge in [0.25, 0.3) is 5.91 Å². The number of nitrogens with two attached hydrogens (primary N) is 1. The summed E-state index contributed by atoms with van der Waals surface area (Å²) in [5.74, 6) is -1.57. The fraction of sp³-hybridized carbons (Fsp3) is 0.421. The van der Waals surface area contributed by atoms with E-state index in [2.05, 4.69) is 26.1 Å². The molecule has 0 aliphatic heterocycles. The van der Waals surface area contributed by atoms with Crippen molar-refractivity contribution in [1.29, 1.82) is 0 Å². The lowest BCUT2D eigenvalue weighted by Crippen LogP contribution is -2.44. The number of amides is 2. The first-order valence-electron chi connectivity index (χ1n) is 8.19. The molecule has 0 heterocycles. The Kier molecular flexibility index (Phi) is 7.36. The third-order valence-electron chi connectivity index (χ3n) is 3.57. The molecule has 0 aliphatic carbocycles. The van der Waals surface area contributed by atoms with Gasteiger partial charge >= 0.3 is 5.97 Å². The van der Waals surface area contributed by atoms with Gasteiger partial charge in [0, 0.05) is 11.6 Å². The van der Waals surface area contributed by atoms with Gasteiger partial charge in [0.05, 0.1) is 6.61 Å². The number of carbonyl (C=O) groups is 3. The number of rotatable bonds is 7. The molecule has 0 spiro atoms. The first-order valence-corrected chi connectivity index (χ1v) is 8.19. The Morgan fingerprint density at radius 3 is 2.28 bits per heavy atom. The Labute approximate surface area is 148 Å². The molecule has 6 heteroatoms. The van der Waals surface area contributed by atoms with Gasteiger partial charge in [0.1, 0.15) is 6.04 Å². The van der Waals surface area contributed by atoms with Crippen LogP contribution >= 0.6 is 0 Å².